The molecule has 0 N–H and O–H groups in total. The lowest BCUT2D eigenvalue weighted by Crippen LogP contribution is -2.40. The molecule has 32 heavy (non-hydrogen) atoms. The van der Waals surface area contributed by atoms with Crippen molar-refractivity contribution in [2.45, 2.75) is 30.2 Å². The Labute approximate surface area is 196 Å². The molecule has 2 aromatic heterocycles. The molecule has 168 valence electrons. The average Bonchev–Trinajstić information content (AvgIpc) is 3.59. The molecular formula is C23H24N2O4S3. The first-order valence-corrected chi connectivity index (χ1v) is 13.8. The zero-order valence-corrected chi connectivity index (χ0v) is 20.1. The summed E-state index contributed by atoms with van der Waals surface area (Å²) in [6.45, 7) is 1.59. The Balaban J connectivity index is 1.54. The Morgan fingerprint density at radius 3 is 2.59 bits per heavy atom. The van der Waals surface area contributed by atoms with Crippen molar-refractivity contribution in [3.05, 3.63) is 68.0 Å². The molecule has 0 aliphatic carbocycles. The van der Waals surface area contributed by atoms with Gasteiger partial charge in [-0.2, -0.15) is 4.31 Å². The van der Waals surface area contributed by atoms with Crippen LogP contribution < -0.4 is 4.74 Å². The van der Waals surface area contributed by atoms with Gasteiger partial charge < -0.3 is 9.64 Å². The lowest BCUT2D eigenvalue weighted by molar-refractivity contribution is 0.0698. The predicted octanol–water partition coefficient (Wildman–Crippen LogP) is 4.39. The van der Waals surface area contributed by atoms with Crippen LogP contribution in [0.1, 0.15) is 44.6 Å². The van der Waals surface area contributed by atoms with Gasteiger partial charge in [-0.05, 0) is 65.9 Å². The van der Waals surface area contributed by atoms with E-state index in [-0.39, 0.29) is 22.6 Å². The maximum Gasteiger partial charge on any atom is 0.254 e. The molecule has 0 bridgehead atoms. The lowest BCUT2D eigenvalue weighted by atomic mass is 9.97. The van der Waals surface area contributed by atoms with E-state index >= 15 is 0 Å². The molecule has 1 atom stereocenters. The number of benzene rings is 1. The van der Waals surface area contributed by atoms with Gasteiger partial charge in [0.2, 0.25) is 10.0 Å². The number of thiophene rings is 2. The summed E-state index contributed by atoms with van der Waals surface area (Å²) < 4.78 is 33.4. The van der Waals surface area contributed by atoms with E-state index in [1.165, 1.54) is 22.4 Å². The van der Waals surface area contributed by atoms with Crippen molar-refractivity contribution in [3.8, 4) is 5.75 Å². The first-order valence-electron chi connectivity index (χ1n) is 10.6. The van der Waals surface area contributed by atoms with Gasteiger partial charge >= 0.3 is 0 Å². The first-order chi connectivity index (χ1) is 15.5. The quantitative estimate of drug-likeness (QED) is 0.534. The van der Waals surface area contributed by atoms with Gasteiger partial charge in [0, 0.05) is 35.0 Å². The number of amides is 1. The van der Waals surface area contributed by atoms with E-state index in [9.17, 15) is 13.2 Å². The molecule has 0 radical (unpaired) electrons. The summed E-state index contributed by atoms with van der Waals surface area (Å²) in [6.07, 6.45) is 2.49. The summed E-state index contributed by atoms with van der Waals surface area (Å²) in [5, 5.41) is 4.10. The monoisotopic (exact) mass is 488 g/mol. The lowest BCUT2D eigenvalue weighted by Gasteiger charge is -2.35. The highest BCUT2D eigenvalue weighted by atomic mass is 32.2. The van der Waals surface area contributed by atoms with Crippen LogP contribution in [0.2, 0.25) is 0 Å². The van der Waals surface area contributed by atoms with E-state index in [4.69, 9.17) is 4.74 Å². The molecule has 0 unspecified atom stereocenters. The Morgan fingerprint density at radius 1 is 1.06 bits per heavy atom. The smallest absolute Gasteiger partial charge is 0.254 e. The van der Waals surface area contributed by atoms with Gasteiger partial charge in [-0.1, -0.05) is 6.07 Å². The predicted molar refractivity (Wildman–Crippen MR) is 126 cm³/mol. The minimum Gasteiger partial charge on any atom is -0.495 e. The number of carbonyl (C=O) groups excluding carboxylic acids is 1. The highest BCUT2D eigenvalue weighted by molar-refractivity contribution is 7.89. The van der Waals surface area contributed by atoms with Gasteiger partial charge in [-0.25, -0.2) is 8.42 Å². The number of hydrogen-bond donors (Lipinski definition) is 0. The van der Waals surface area contributed by atoms with Gasteiger partial charge in [-0.15, -0.1) is 22.7 Å². The van der Waals surface area contributed by atoms with Crippen LogP contribution in [0.4, 0.5) is 0 Å². The Bertz CT molecular complexity index is 1230. The second-order valence-electron chi connectivity index (χ2n) is 7.94. The SMILES string of the molecule is COc1ccc(C(=O)N2CCc3sccc3[C@H]2c2cccs2)cc1S(=O)(=O)N1CCCC1. The average molecular weight is 489 g/mol. The summed E-state index contributed by atoms with van der Waals surface area (Å²) in [7, 11) is -2.27. The van der Waals surface area contributed by atoms with Crippen LogP contribution in [0.25, 0.3) is 0 Å². The summed E-state index contributed by atoms with van der Waals surface area (Å²) in [6, 6.07) is 10.7. The summed E-state index contributed by atoms with van der Waals surface area (Å²) in [5.74, 6) is 0.0998. The second-order valence-corrected chi connectivity index (χ2v) is 11.8. The molecule has 0 saturated carbocycles. The number of hydrogen-bond acceptors (Lipinski definition) is 6. The van der Waals surface area contributed by atoms with E-state index in [1.54, 1.807) is 34.8 Å². The van der Waals surface area contributed by atoms with Gasteiger partial charge in [0.1, 0.15) is 10.6 Å². The molecule has 1 saturated heterocycles. The molecule has 2 aliphatic heterocycles. The van der Waals surface area contributed by atoms with Crippen molar-refractivity contribution in [3.63, 3.8) is 0 Å². The molecule has 1 fully saturated rings. The maximum absolute atomic E-state index is 13.7. The van der Waals surface area contributed by atoms with Crippen LogP contribution >= 0.6 is 22.7 Å². The Morgan fingerprint density at radius 2 is 1.88 bits per heavy atom. The minimum atomic E-state index is -3.72. The Kier molecular flexibility index (Phi) is 5.83. The van der Waals surface area contributed by atoms with Crippen molar-refractivity contribution in [1.82, 2.24) is 9.21 Å². The zero-order valence-electron chi connectivity index (χ0n) is 17.7. The van der Waals surface area contributed by atoms with Crippen molar-refractivity contribution in [2.24, 2.45) is 0 Å². The topological polar surface area (TPSA) is 66.9 Å². The summed E-state index contributed by atoms with van der Waals surface area (Å²) in [4.78, 5) is 18.1. The number of nitrogens with zero attached hydrogens (tertiary/aromatic N) is 2. The van der Waals surface area contributed by atoms with E-state index < -0.39 is 10.0 Å². The number of ether oxygens (including phenoxy) is 1. The third kappa shape index (κ3) is 3.67. The van der Waals surface area contributed by atoms with Gasteiger partial charge in [0.25, 0.3) is 5.91 Å². The highest BCUT2D eigenvalue weighted by Crippen LogP contribution is 2.40. The molecule has 0 spiro atoms. The maximum atomic E-state index is 13.7. The molecule has 9 heteroatoms. The molecule has 1 amide bonds. The third-order valence-electron chi connectivity index (χ3n) is 6.13. The van der Waals surface area contributed by atoms with Gasteiger partial charge in [0.05, 0.1) is 13.2 Å². The van der Waals surface area contributed by atoms with Crippen LogP contribution in [-0.4, -0.2) is 50.3 Å². The fourth-order valence-electron chi connectivity index (χ4n) is 4.53. The van der Waals surface area contributed by atoms with Crippen molar-refractivity contribution < 1.29 is 17.9 Å². The fraction of sp³-hybridized carbons (Fsp3) is 0.348. The molecule has 2 aliphatic rings. The third-order valence-corrected chi connectivity index (χ3v) is 9.97. The van der Waals surface area contributed by atoms with Crippen molar-refractivity contribution >= 4 is 38.6 Å². The molecule has 4 heterocycles. The number of methoxy groups -OCH3 is 1. The van der Waals surface area contributed by atoms with Gasteiger partial charge in [-0.3, -0.25) is 4.79 Å². The van der Waals surface area contributed by atoms with Crippen LogP contribution in [0, 0.1) is 0 Å². The molecule has 3 aromatic rings. The fourth-order valence-corrected chi connectivity index (χ4v) is 7.99. The highest BCUT2D eigenvalue weighted by Gasteiger charge is 2.35. The zero-order chi connectivity index (χ0) is 22.3. The van der Waals surface area contributed by atoms with Gasteiger partial charge in [0.15, 0.2) is 0 Å². The standard InChI is InChI=1S/C23H24N2O4S3/c1-29-18-7-6-16(15-21(18)32(27,28)24-10-2-3-11-24)23(26)25-12-8-19-17(9-14-31-19)22(25)20-5-4-13-30-20/h4-7,9,13-15,22H,2-3,8,10-12H2,1H3/t22-/m0/s1. The Hall–Kier alpha value is -2.20. The number of fused-ring (bicyclic) bond motifs is 1. The number of sulfonamides is 1. The second kappa shape index (κ2) is 8.62. The van der Waals surface area contributed by atoms with Crippen LogP contribution in [-0.2, 0) is 16.4 Å². The summed E-state index contributed by atoms with van der Waals surface area (Å²) >= 11 is 3.36. The van der Waals surface area contributed by atoms with Crippen LogP contribution in [0.3, 0.4) is 0 Å². The largest absolute Gasteiger partial charge is 0.495 e. The van der Waals surface area contributed by atoms with Crippen LogP contribution in [0.15, 0.2) is 52.1 Å². The van der Waals surface area contributed by atoms with E-state index in [2.05, 4.69) is 17.5 Å². The van der Waals surface area contributed by atoms with E-state index in [0.29, 0.717) is 25.2 Å². The molecule has 6 nitrogen and oxygen atoms in total. The van der Waals surface area contributed by atoms with E-state index in [1.807, 2.05) is 16.3 Å². The number of carbonyl (C=O) groups is 1. The minimum absolute atomic E-state index is 0.0636. The molecular weight excluding hydrogens is 464 g/mol. The van der Waals surface area contributed by atoms with E-state index in [0.717, 1.165) is 29.7 Å². The van der Waals surface area contributed by atoms with Crippen molar-refractivity contribution in [1.29, 1.82) is 0 Å². The molecule has 5 rings (SSSR count). The van der Waals surface area contributed by atoms with Crippen LogP contribution in [0.5, 0.6) is 5.75 Å². The normalized spacial score (nSPS) is 19.2. The molecule has 1 aromatic carbocycles. The number of rotatable bonds is 5. The summed E-state index contributed by atoms with van der Waals surface area (Å²) in [5.41, 5.74) is 1.53. The first kappa shape index (κ1) is 21.6. The van der Waals surface area contributed by atoms with Crippen molar-refractivity contribution in [2.75, 3.05) is 26.7 Å².